The minimum Gasteiger partial charge on any atom is -0.484 e. The van der Waals surface area contributed by atoms with Crippen molar-refractivity contribution < 1.29 is 4.74 Å². The van der Waals surface area contributed by atoms with Gasteiger partial charge in [-0.1, -0.05) is 158 Å². The standard InChI is InChI=1S/C48H30O/c1-3-14-32-29(10-1)12-7-17-34(32)36-24-22-31-23-25-39-43(35-18-8-13-30-11-2-4-15-33(30)35)28-44(40-27-26-38(36)46(31)47(39)40)42-20-9-19-41-37-16-5-6-21-45(37)49-48(41)42/h1-28,37,45H. The average molecular weight is 623 g/mol. The normalized spacial score (nSPS) is 16.6. The Hall–Kier alpha value is -6.18. The van der Waals surface area contributed by atoms with Crippen LogP contribution in [0.1, 0.15) is 11.5 Å². The highest BCUT2D eigenvalue weighted by atomic mass is 16.5. The van der Waals surface area contributed by atoms with Crippen LogP contribution >= 0.6 is 0 Å². The van der Waals surface area contributed by atoms with E-state index in [1.165, 1.54) is 87.2 Å². The molecule has 0 saturated carbocycles. The number of hydrogen-bond donors (Lipinski definition) is 0. The van der Waals surface area contributed by atoms with Gasteiger partial charge in [-0.15, -0.1) is 0 Å². The number of allylic oxidation sites excluding steroid dienone is 2. The summed E-state index contributed by atoms with van der Waals surface area (Å²) in [5.74, 6) is 1.24. The molecule has 2 aliphatic rings. The lowest BCUT2D eigenvalue weighted by Crippen LogP contribution is -2.15. The summed E-state index contributed by atoms with van der Waals surface area (Å²) in [6.45, 7) is 0. The maximum Gasteiger partial charge on any atom is 0.132 e. The van der Waals surface area contributed by atoms with Crippen LogP contribution in [0, 0.1) is 0 Å². The third-order valence-corrected chi connectivity index (χ3v) is 11.0. The van der Waals surface area contributed by atoms with Crippen molar-refractivity contribution in [1.82, 2.24) is 0 Å². The third-order valence-electron chi connectivity index (χ3n) is 11.0. The predicted octanol–water partition coefficient (Wildman–Crippen LogP) is 12.9. The van der Waals surface area contributed by atoms with Crippen LogP contribution < -0.4 is 4.74 Å². The molecule has 0 spiro atoms. The predicted molar refractivity (Wildman–Crippen MR) is 207 cm³/mol. The van der Waals surface area contributed by atoms with Crippen LogP contribution in [0.4, 0.5) is 0 Å². The van der Waals surface area contributed by atoms with Crippen LogP contribution in [0.3, 0.4) is 0 Å². The van der Waals surface area contributed by atoms with Gasteiger partial charge in [0.25, 0.3) is 0 Å². The maximum atomic E-state index is 6.78. The second-order valence-corrected chi connectivity index (χ2v) is 13.5. The Morgan fingerprint density at radius 1 is 0.367 bits per heavy atom. The van der Waals surface area contributed by atoms with Gasteiger partial charge >= 0.3 is 0 Å². The molecule has 0 saturated heterocycles. The van der Waals surface area contributed by atoms with Crippen molar-refractivity contribution in [2.45, 2.75) is 12.0 Å². The van der Waals surface area contributed by atoms with Crippen molar-refractivity contribution in [2.24, 2.45) is 0 Å². The van der Waals surface area contributed by atoms with Gasteiger partial charge in [-0.05, 0) is 93.8 Å². The molecule has 0 amide bonds. The molecule has 1 heteroatoms. The number of rotatable bonds is 3. The largest absolute Gasteiger partial charge is 0.484 e. The van der Waals surface area contributed by atoms with E-state index in [-0.39, 0.29) is 12.0 Å². The van der Waals surface area contributed by atoms with Crippen LogP contribution in [-0.2, 0) is 0 Å². The Balaban J connectivity index is 1.28. The highest BCUT2D eigenvalue weighted by Gasteiger charge is 2.34. The number of ether oxygens (including phenoxy) is 1. The maximum absolute atomic E-state index is 6.78. The fraction of sp³-hybridized carbons (Fsp3) is 0.0417. The van der Waals surface area contributed by atoms with Crippen molar-refractivity contribution >= 4 is 53.9 Å². The molecule has 0 fully saturated rings. The summed E-state index contributed by atoms with van der Waals surface area (Å²) in [5, 5.41) is 12.7. The van der Waals surface area contributed by atoms with Crippen LogP contribution in [0.5, 0.6) is 5.75 Å². The summed E-state index contributed by atoms with van der Waals surface area (Å²) in [5.41, 5.74) is 8.66. The molecule has 2 atom stereocenters. The minimum atomic E-state index is 0.0294. The fourth-order valence-corrected chi connectivity index (χ4v) is 8.78. The minimum absolute atomic E-state index is 0.0294. The lowest BCUT2D eigenvalue weighted by Gasteiger charge is -2.21. The van der Waals surface area contributed by atoms with Crippen LogP contribution in [-0.4, -0.2) is 6.10 Å². The molecular formula is C48H30O. The number of fused-ring (bicyclic) bond motifs is 5. The van der Waals surface area contributed by atoms with E-state index in [2.05, 4.69) is 170 Å². The molecular weight excluding hydrogens is 593 g/mol. The number of para-hydroxylation sites is 1. The molecule has 1 aliphatic carbocycles. The zero-order chi connectivity index (χ0) is 32.1. The van der Waals surface area contributed by atoms with Crippen LogP contribution in [0.2, 0.25) is 0 Å². The van der Waals surface area contributed by atoms with Gasteiger partial charge < -0.3 is 4.74 Å². The van der Waals surface area contributed by atoms with E-state index in [4.69, 9.17) is 4.74 Å². The van der Waals surface area contributed by atoms with E-state index < -0.39 is 0 Å². The van der Waals surface area contributed by atoms with Gasteiger partial charge in [0.1, 0.15) is 11.9 Å². The monoisotopic (exact) mass is 622 g/mol. The first-order valence-corrected chi connectivity index (χ1v) is 17.2. The first kappa shape index (κ1) is 26.8. The SMILES string of the molecule is C1=CC2Oc3c(-c4cc(-c5cccc6ccccc56)c5ccc6ccc(-c7cccc8ccccc78)c7ccc4c5c67)cccc3C2C=C1. The summed E-state index contributed by atoms with van der Waals surface area (Å²) in [6.07, 6.45) is 8.75. The summed E-state index contributed by atoms with van der Waals surface area (Å²) in [4.78, 5) is 0. The number of hydrogen-bond acceptors (Lipinski definition) is 1. The Morgan fingerprint density at radius 3 is 1.69 bits per heavy atom. The summed E-state index contributed by atoms with van der Waals surface area (Å²) < 4.78 is 6.78. The molecule has 9 aromatic carbocycles. The zero-order valence-electron chi connectivity index (χ0n) is 26.7. The topological polar surface area (TPSA) is 9.23 Å². The molecule has 49 heavy (non-hydrogen) atoms. The first-order valence-electron chi connectivity index (χ1n) is 17.2. The first-order chi connectivity index (χ1) is 24.3. The summed E-state index contributed by atoms with van der Waals surface area (Å²) in [7, 11) is 0. The van der Waals surface area contributed by atoms with Gasteiger partial charge in [-0.2, -0.15) is 0 Å². The van der Waals surface area contributed by atoms with E-state index in [9.17, 15) is 0 Å². The van der Waals surface area contributed by atoms with Crippen LogP contribution in [0.25, 0.3) is 87.2 Å². The Kier molecular flexibility index (Phi) is 5.57. The lowest BCUT2D eigenvalue weighted by atomic mass is 9.82. The van der Waals surface area contributed by atoms with E-state index in [0.717, 1.165) is 11.3 Å². The van der Waals surface area contributed by atoms with Gasteiger partial charge in [0.2, 0.25) is 0 Å². The van der Waals surface area contributed by atoms with E-state index in [0.29, 0.717) is 0 Å². The second-order valence-electron chi connectivity index (χ2n) is 13.5. The molecule has 0 aromatic heterocycles. The Bertz CT molecular complexity index is 2860. The van der Waals surface area contributed by atoms with Crippen molar-refractivity contribution in [3.05, 3.63) is 175 Å². The quantitative estimate of drug-likeness (QED) is 0.178. The molecule has 2 unspecified atom stereocenters. The van der Waals surface area contributed by atoms with Gasteiger partial charge in [0.15, 0.2) is 0 Å². The Morgan fingerprint density at radius 2 is 0.918 bits per heavy atom. The van der Waals surface area contributed by atoms with Crippen LogP contribution in [0.15, 0.2) is 170 Å². The summed E-state index contributed by atoms with van der Waals surface area (Å²) in [6, 6.07) is 54.0. The van der Waals surface area contributed by atoms with Gasteiger partial charge in [-0.25, -0.2) is 0 Å². The smallest absolute Gasteiger partial charge is 0.132 e. The van der Waals surface area contributed by atoms with Crippen molar-refractivity contribution in [3.8, 4) is 39.1 Å². The molecule has 0 bridgehead atoms. The fourth-order valence-electron chi connectivity index (χ4n) is 8.78. The molecule has 11 rings (SSSR count). The van der Waals surface area contributed by atoms with Crippen molar-refractivity contribution in [1.29, 1.82) is 0 Å². The van der Waals surface area contributed by atoms with Gasteiger partial charge in [-0.3, -0.25) is 0 Å². The lowest BCUT2D eigenvalue weighted by molar-refractivity contribution is 0.270. The highest BCUT2D eigenvalue weighted by Crippen LogP contribution is 2.52. The molecule has 0 radical (unpaired) electrons. The van der Waals surface area contributed by atoms with E-state index in [1.54, 1.807) is 0 Å². The zero-order valence-corrected chi connectivity index (χ0v) is 26.7. The molecule has 1 aliphatic heterocycles. The third kappa shape index (κ3) is 3.82. The van der Waals surface area contributed by atoms with Gasteiger partial charge in [0.05, 0.1) is 0 Å². The van der Waals surface area contributed by atoms with Gasteiger partial charge in [0, 0.05) is 17.0 Å². The highest BCUT2D eigenvalue weighted by molar-refractivity contribution is 6.31. The molecule has 228 valence electrons. The molecule has 9 aromatic rings. The van der Waals surface area contributed by atoms with Crippen molar-refractivity contribution in [3.63, 3.8) is 0 Å². The van der Waals surface area contributed by atoms with Crippen molar-refractivity contribution in [2.75, 3.05) is 0 Å². The second kappa shape index (κ2) is 10.2. The summed E-state index contributed by atoms with van der Waals surface area (Å²) >= 11 is 0. The molecule has 1 heterocycles. The molecule has 0 N–H and O–H groups in total. The van der Waals surface area contributed by atoms with E-state index in [1.807, 2.05) is 0 Å². The average Bonchev–Trinajstić information content (AvgIpc) is 3.55. The van der Waals surface area contributed by atoms with E-state index >= 15 is 0 Å². The number of benzene rings is 9. The Labute approximate surface area is 284 Å². The molecule has 1 nitrogen and oxygen atoms in total.